The fraction of sp³-hybridized carbons (Fsp3) is 0.0833. The molecule has 2 heterocycles. The number of carbonyl (C=O) groups is 2. The Labute approximate surface area is 107 Å². The van der Waals surface area contributed by atoms with Gasteiger partial charge in [-0.25, -0.2) is 4.79 Å². The number of hydrogen-bond donors (Lipinski definition) is 1. The van der Waals surface area contributed by atoms with Crippen LogP contribution in [0.4, 0.5) is 5.00 Å². The van der Waals surface area contributed by atoms with Gasteiger partial charge in [0.2, 0.25) is 0 Å². The highest BCUT2D eigenvalue weighted by atomic mass is 32.1. The van der Waals surface area contributed by atoms with Gasteiger partial charge in [0.1, 0.15) is 5.69 Å². The van der Waals surface area contributed by atoms with E-state index in [1.165, 1.54) is 34.6 Å². The van der Waals surface area contributed by atoms with Gasteiger partial charge in [0, 0.05) is 13.2 Å². The quantitative estimate of drug-likeness (QED) is 0.919. The number of aromatic carboxylic acids is 1. The minimum Gasteiger partial charge on any atom is -0.478 e. The first kappa shape index (κ1) is 12.3. The van der Waals surface area contributed by atoms with Gasteiger partial charge in [-0.3, -0.25) is 9.78 Å². The number of aromatic nitrogens is 1. The second-order valence-electron chi connectivity index (χ2n) is 3.55. The lowest BCUT2D eigenvalue weighted by Gasteiger charge is -2.14. The standard InChI is InChI=1S/C12H10N2O3S/c1-14(10-3-2-6-18-10)11(15)9-5-4-8(7-13-9)12(16)17/h2-7H,1H3,(H,16,17). The Balaban J connectivity index is 2.21. The van der Waals surface area contributed by atoms with Crippen LogP contribution in [0.15, 0.2) is 35.8 Å². The van der Waals surface area contributed by atoms with Gasteiger partial charge in [0.15, 0.2) is 0 Å². The normalized spacial score (nSPS) is 10.1. The Hall–Kier alpha value is -2.21. The van der Waals surface area contributed by atoms with Crippen LogP contribution in [-0.4, -0.2) is 29.0 Å². The first-order chi connectivity index (χ1) is 8.59. The number of nitrogens with zero attached hydrogens (tertiary/aromatic N) is 2. The van der Waals surface area contributed by atoms with Crippen molar-refractivity contribution >= 4 is 28.2 Å². The molecule has 0 spiro atoms. The predicted molar refractivity (Wildman–Crippen MR) is 68.2 cm³/mol. The third kappa shape index (κ3) is 2.38. The molecule has 18 heavy (non-hydrogen) atoms. The van der Waals surface area contributed by atoms with Crippen molar-refractivity contribution in [1.29, 1.82) is 0 Å². The lowest BCUT2D eigenvalue weighted by Crippen LogP contribution is -2.26. The SMILES string of the molecule is CN(C(=O)c1ccc(C(=O)O)cn1)c1cccs1. The molecule has 0 saturated heterocycles. The van der Waals surface area contributed by atoms with Crippen molar-refractivity contribution in [2.75, 3.05) is 11.9 Å². The Morgan fingerprint density at radius 2 is 2.11 bits per heavy atom. The molecular weight excluding hydrogens is 252 g/mol. The van der Waals surface area contributed by atoms with Gasteiger partial charge in [0.05, 0.1) is 10.6 Å². The van der Waals surface area contributed by atoms with Crippen LogP contribution >= 0.6 is 11.3 Å². The first-order valence-corrected chi connectivity index (χ1v) is 5.98. The zero-order chi connectivity index (χ0) is 13.1. The van der Waals surface area contributed by atoms with E-state index in [1.54, 1.807) is 7.05 Å². The Morgan fingerprint density at radius 3 is 2.61 bits per heavy atom. The van der Waals surface area contributed by atoms with Gasteiger partial charge in [-0.05, 0) is 29.6 Å². The summed E-state index contributed by atoms with van der Waals surface area (Å²) in [6.45, 7) is 0. The summed E-state index contributed by atoms with van der Waals surface area (Å²) in [4.78, 5) is 28.1. The fourth-order valence-electron chi connectivity index (χ4n) is 1.38. The van der Waals surface area contributed by atoms with Crippen molar-refractivity contribution in [2.45, 2.75) is 0 Å². The number of carboxylic acids is 1. The summed E-state index contributed by atoms with van der Waals surface area (Å²) in [6.07, 6.45) is 1.18. The maximum absolute atomic E-state index is 12.0. The highest BCUT2D eigenvalue weighted by Crippen LogP contribution is 2.21. The highest BCUT2D eigenvalue weighted by molar-refractivity contribution is 7.14. The van der Waals surface area contributed by atoms with Crippen molar-refractivity contribution in [1.82, 2.24) is 4.98 Å². The maximum Gasteiger partial charge on any atom is 0.337 e. The molecule has 1 N–H and O–H groups in total. The van der Waals surface area contributed by atoms with Crippen molar-refractivity contribution in [3.05, 3.63) is 47.1 Å². The number of hydrogen-bond acceptors (Lipinski definition) is 4. The average Bonchev–Trinajstić information content (AvgIpc) is 2.91. The summed E-state index contributed by atoms with van der Waals surface area (Å²) >= 11 is 1.45. The van der Waals surface area contributed by atoms with Gasteiger partial charge < -0.3 is 10.0 Å². The van der Waals surface area contributed by atoms with Crippen molar-refractivity contribution < 1.29 is 14.7 Å². The summed E-state index contributed by atoms with van der Waals surface area (Å²) in [5, 5.41) is 11.4. The number of carbonyl (C=O) groups excluding carboxylic acids is 1. The summed E-state index contributed by atoms with van der Waals surface area (Å²) in [5.74, 6) is -1.33. The molecule has 92 valence electrons. The van der Waals surface area contributed by atoms with Crippen molar-refractivity contribution in [3.63, 3.8) is 0 Å². The molecule has 5 nitrogen and oxygen atoms in total. The molecule has 2 aromatic heterocycles. The van der Waals surface area contributed by atoms with E-state index in [0.29, 0.717) is 0 Å². The third-order valence-electron chi connectivity index (χ3n) is 2.37. The highest BCUT2D eigenvalue weighted by Gasteiger charge is 2.16. The van der Waals surface area contributed by atoms with Gasteiger partial charge in [-0.15, -0.1) is 11.3 Å². The predicted octanol–water partition coefficient (Wildman–Crippen LogP) is 2.12. The second kappa shape index (κ2) is 4.97. The van der Waals surface area contributed by atoms with E-state index >= 15 is 0 Å². The Kier molecular flexibility index (Phi) is 3.38. The van der Waals surface area contributed by atoms with Crippen LogP contribution in [-0.2, 0) is 0 Å². The molecule has 0 aliphatic rings. The van der Waals surface area contributed by atoms with E-state index in [2.05, 4.69) is 4.98 Å². The molecule has 0 aliphatic heterocycles. The molecule has 2 rings (SSSR count). The maximum atomic E-state index is 12.0. The van der Waals surface area contributed by atoms with Crippen molar-refractivity contribution in [2.24, 2.45) is 0 Å². The van der Waals surface area contributed by atoms with Crippen LogP contribution in [0.25, 0.3) is 0 Å². The molecule has 6 heteroatoms. The fourth-order valence-corrected chi connectivity index (χ4v) is 2.07. The average molecular weight is 262 g/mol. The topological polar surface area (TPSA) is 70.5 Å². The number of amides is 1. The van der Waals surface area contributed by atoms with E-state index in [-0.39, 0.29) is 17.2 Å². The van der Waals surface area contributed by atoms with Crippen LogP contribution in [0.5, 0.6) is 0 Å². The number of carboxylic acid groups (broad SMARTS) is 1. The van der Waals surface area contributed by atoms with Crippen molar-refractivity contribution in [3.8, 4) is 0 Å². The first-order valence-electron chi connectivity index (χ1n) is 5.10. The Morgan fingerprint density at radius 1 is 1.33 bits per heavy atom. The monoisotopic (exact) mass is 262 g/mol. The molecule has 0 unspecified atom stereocenters. The molecule has 0 saturated carbocycles. The molecule has 0 bridgehead atoms. The van der Waals surface area contributed by atoms with E-state index in [9.17, 15) is 9.59 Å². The third-order valence-corrected chi connectivity index (χ3v) is 3.32. The summed E-state index contributed by atoms with van der Waals surface area (Å²) < 4.78 is 0. The van der Waals surface area contributed by atoms with Crippen LogP contribution in [0.1, 0.15) is 20.8 Å². The minimum absolute atomic E-state index is 0.0605. The van der Waals surface area contributed by atoms with Gasteiger partial charge >= 0.3 is 5.97 Å². The van der Waals surface area contributed by atoms with E-state index < -0.39 is 5.97 Å². The number of pyridine rings is 1. The van der Waals surface area contributed by atoms with Crippen LogP contribution in [0, 0.1) is 0 Å². The molecule has 0 aromatic carbocycles. The number of rotatable bonds is 3. The summed E-state index contributed by atoms with van der Waals surface area (Å²) in [5.41, 5.74) is 0.279. The zero-order valence-electron chi connectivity index (χ0n) is 9.53. The zero-order valence-corrected chi connectivity index (χ0v) is 10.3. The molecule has 0 radical (unpaired) electrons. The largest absolute Gasteiger partial charge is 0.478 e. The molecule has 1 amide bonds. The number of thiophene rings is 1. The Bertz CT molecular complexity index is 564. The van der Waals surface area contributed by atoms with Crippen LogP contribution in [0.2, 0.25) is 0 Å². The van der Waals surface area contributed by atoms with Gasteiger partial charge in [0.25, 0.3) is 5.91 Å². The second-order valence-corrected chi connectivity index (χ2v) is 4.48. The lowest BCUT2D eigenvalue weighted by atomic mass is 10.2. The summed E-state index contributed by atoms with van der Waals surface area (Å²) in [6, 6.07) is 6.46. The minimum atomic E-state index is -1.06. The van der Waals surface area contributed by atoms with Crippen LogP contribution < -0.4 is 4.90 Å². The van der Waals surface area contributed by atoms with Crippen LogP contribution in [0.3, 0.4) is 0 Å². The van der Waals surface area contributed by atoms with E-state index in [1.807, 2.05) is 17.5 Å². The molecule has 2 aromatic rings. The molecule has 0 atom stereocenters. The molecular formula is C12H10N2O3S. The summed E-state index contributed by atoms with van der Waals surface area (Å²) in [7, 11) is 1.65. The smallest absolute Gasteiger partial charge is 0.337 e. The number of anilines is 1. The van der Waals surface area contributed by atoms with Gasteiger partial charge in [-0.1, -0.05) is 0 Å². The van der Waals surface area contributed by atoms with E-state index in [4.69, 9.17) is 5.11 Å². The van der Waals surface area contributed by atoms with Gasteiger partial charge in [-0.2, -0.15) is 0 Å². The lowest BCUT2D eigenvalue weighted by molar-refractivity contribution is 0.0695. The molecule has 0 aliphatic carbocycles. The molecule has 0 fully saturated rings. The van der Waals surface area contributed by atoms with E-state index in [0.717, 1.165) is 5.00 Å².